The minimum absolute atomic E-state index is 0.0314. The van der Waals surface area contributed by atoms with Crippen LogP contribution in [0.5, 0.6) is 0 Å². The molecule has 2 aromatic rings. The van der Waals surface area contributed by atoms with E-state index in [4.69, 9.17) is 0 Å². The maximum atomic E-state index is 13.2. The second-order valence-corrected chi connectivity index (χ2v) is 5.29. The Bertz CT molecular complexity index is 734. The summed E-state index contributed by atoms with van der Waals surface area (Å²) >= 11 is 1.53. The minimum Gasteiger partial charge on any atom is -0.347 e. The van der Waals surface area contributed by atoms with Crippen molar-refractivity contribution in [3.63, 3.8) is 0 Å². The summed E-state index contributed by atoms with van der Waals surface area (Å²) in [6, 6.07) is 4.75. The predicted molar refractivity (Wildman–Crippen MR) is 82.7 cm³/mol. The Morgan fingerprint density at radius 3 is 2.70 bits per heavy atom. The van der Waals surface area contributed by atoms with Gasteiger partial charge in [0.05, 0.1) is 4.92 Å². The lowest BCUT2D eigenvalue weighted by Gasteiger charge is -2.06. The molecule has 0 radical (unpaired) electrons. The average molecular weight is 337 g/mol. The van der Waals surface area contributed by atoms with Crippen LogP contribution in [0.1, 0.15) is 5.56 Å². The molecule has 0 aliphatic heterocycles. The first kappa shape index (κ1) is 16.6. The molecule has 2 N–H and O–H groups in total. The Balaban J connectivity index is 1.89. The number of carbonyl (C=O) groups is 2. The molecule has 0 unspecified atom stereocenters. The topological polar surface area (TPSA) is 101 Å². The molecule has 1 aromatic carbocycles. The van der Waals surface area contributed by atoms with Crippen LogP contribution in [0.2, 0.25) is 0 Å². The average Bonchev–Trinajstić information content (AvgIpc) is 3.02. The number of hydrogen-bond donors (Lipinski definition) is 2. The number of hydrogen-bond acceptors (Lipinski definition) is 5. The first-order valence-electron chi connectivity index (χ1n) is 6.51. The van der Waals surface area contributed by atoms with E-state index in [1.807, 2.05) is 16.8 Å². The van der Waals surface area contributed by atoms with Crippen LogP contribution in [0, 0.1) is 15.9 Å². The first-order chi connectivity index (χ1) is 11.0. The number of nitrogens with zero attached hydrogens (tertiary/aromatic N) is 1. The van der Waals surface area contributed by atoms with Crippen molar-refractivity contribution in [2.45, 2.75) is 6.42 Å². The molecule has 1 heterocycles. The Kier molecular flexibility index (Phi) is 5.36. The van der Waals surface area contributed by atoms with E-state index >= 15 is 0 Å². The summed E-state index contributed by atoms with van der Waals surface area (Å²) < 4.78 is 13.2. The van der Waals surface area contributed by atoms with Crippen molar-refractivity contribution in [1.82, 2.24) is 5.32 Å². The maximum Gasteiger partial charge on any atom is 0.313 e. The van der Waals surface area contributed by atoms with Gasteiger partial charge in [0.15, 0.2) is 0 Å². The molecule has 9 heteroatoms. The fourth-order valence-corrected chi connectivity index (χ4v) is 2.46. The van der Waals surface area contributed by atoms with Crippen LogP contribution in [0.3, 0.4) is 0 Å². The third-order valence-electron chi connectivity index (χ3n) is 2.89. The summed E-state index contributed by atoms with van der Waals surface area (Å²) in [5.41, 5.74) is 0.238. The molecule has 23 heavy (non-hydrogen) atoms. The predicted octanol–water partition coefficient (Wildman–Crippen LogP) is 2.09. The van der Waals surface area contributed by atoms with Gasteiger partial charge in [0, 0.05) is 18.3 Å². The summed E-state index contributed by atoms with van der Waals surface area (Å²) in [5, 5.41) is 19.1. The Morgan fingerprint density at radius 1 is 1.26 bits per heavy atom. The second-order valence-electron chi connectivity index (χ2n) is 4.51. The minimum atomic E-state index is -1.02. The molecule has 0 fully saturated rings. The number of nitro groups is 1. The van der Waals surface area contributed by atoms with E-state index in [1.54, 1.807) is 0 Å². The summed E-state index contributed by atoms with van der Waals surface area (Å²) in [6.45, 7) is 0.284. The molecule has 0 bridgehead atoms. The van der Waals surface area contributed by atoms with Gasteiger partial charge in [-0.15, -0.1) is 0 Å². The maximum absolute atomic E-state index is 13.2. The fraction of sp³-hybridized carbons (Fsp3) is 0.143. The molecule has 2 rings (SSSR count). The van der Waals surface area contributed by atoms with Gasteiger partial charge in [0.25, 0.3) is 0 Å². The van der Waals surface area contributed by atoms with E-state index in [2.05, 4.69) is 10.6 Å². The Hall–Kier alpha value is -2.81. The number of thiophene rings is 1. The third kappa shape index (κ3) is 4.58. The molecule has 0 saturated heterocycles. The van der Waals surface area contributed by atoms with Crippen LogP contribution in [-0.2, 0) is 16.0 Å². The monoisotopic (exact) mass is 337 g/mol. The van der Waals surface area contributed by atoms with Gasteiger partial charge >= 0.3 is 17.5 Å². The Labute approximate surface area is 134 Å². The van der Waals surface area contributed by atoms with E-state index < -0.39 is 28.2 Å². The lowest BCUT2D eigenvalue weighted by Crippen LogP contribution is -2.36. The highest BCUT2D eigenvalue weighted by Gasteiger charge is 2.18. The van der Waals surface area contributed by atoms with Crippen LogP contribution in [0.4, 0.5) is 15.8 Å². The zero-order valence-corrected chi connectivity index (χ0v) is 12.6. The number of carbonyl (C=O) groups excluding carboxylic acids is 2. The molecule has 2 amide bonds. The highest BCUT2D eigenvalue weighted by Crippen LogP contribution is 2.21. The third-order valence-corrected chi connectivity index (χ3v) is 3.62. The van der Waals surface area contributed by atoms with Crippen LogP contribution in [0.15, 0.2) is 35.0 Å². The quantitative estimate of drug-likeness (QED) is 0.495. The van der Waals surface area contributed by atoms with E-state index in [1.165, 1.54) is 11.3 Å². The second kappa shape index (κ2) is 7.45. The molecule has 1 aromatic heterocycles. The molecule has 0 aliphatic rings. The van der Waals surface area contributed by atoms with Crippen LogP contribution in [-0.4, -0.2) is 23.3 Å². The van der Waals surface area contributed by atoms with Gasteiger partial charge in [-0.1, -0.05) is 0 Å². The number of nitrogens with one attached hydrogen (secondary N) is 2. The highest BCUT2D eigenvalue weighted by atomic mass is 32.1. The van der Waals surface area contributed by atoms with Crippen molar-refractivity contribution in [1.29, 1.82) is 0 Å². The molecule has 7 nitrogen and oxygen atoms in total. The van der Waals surface area contributed by atoms with Crippen molar-refractivity contribution in [2.24, 2.45) is 0 Å². The number of amides is 2. The SMILES string of the molecule is O=C(NCCc1ccsc1)C(=O)Nc1ccc(F)c([N+](=O)[O-])c1. The van der Waals surface area contributed by atoms with Gasteiger partial charge in [0.1, 0.15) is 0 Å². The number of rotatable bonds is 5. The largest absolute Gasteiger partial charge is 0.347 e. The molecule has 120 valence electrons. The van der Waals surface area contributed by atoms with Crippen LogP contribution >= 0.6 is 11.3 Å². The Morgan fingerprint density at radius 2 is 2.04 bits per heavy atom. The number of benzene rings is 1. The van der Waals surface area contributed by atoms with Gasteiger partial charge in [-0.2, -0.15) is 15.7 Å². The van der Waals surface area contributed by atoms with Crippen molar-refractivity contribution >= 4 is 34.5 Å². The summed E-state index contributed by atoms with van der Waals surface area (Å²) in [7, 11) is 0. The smallest absolute Gasteiger partial charge is 0.313 e. The molecular weight excluding hydrogens is 325 g/mol. The summed E-state index contributed by atoms with van der Waals surface area (Å²) in [5.74, 6) is -2.86. The van der Waals surface area contributed by atoms with E-state index in [0.717, 1.165) is 23.8 Å². The molecular formula is C14H12FN3O4S. The highest BCUT2D eigenvalue weighted by molar-refractivity contribution is 7.07. The molecule has 0 aliphatic carbocycles. The van der Waals surface area contributed by atoms with Crippen molar-refractivity contribution < 1.29 is 18.9 Å². The van der Waals surface area contributed by atoms with Crippen molar-refractivity contribution in [3.05, 3.63) is 56.5 Å². The lowest BCUT2D eigenvalue weighted by molar-refractivity contribution is -0.387. The van der Waals surface area contributed by atoms with Crippen LogP contribution < -0.4 is 10.6 Å². The lowest BCUT2D eigenvalue weighted by atomic mass is 10.2. The molecule has 0 saturated carbocycles. The zero-order valence-electron chi connectivity index (χ0n) is 11.7. The van der Waals surface area contributed by atoms with Gasteiger partial charge in [0.2, 0.25) is 5.82 Å². The summed E-state index contributed by atoms with van der Waals surface area (Å²) in [6.07, 6.45) is 0.588. The fourth-order valence-electron chi connectivity index (χ4n) is 1.75. The van der Waals surface area contributed by atoms with E-state index in [-0.39, 0.29) is 12.2 Å². The number of nitro benzene ring substituents is 1. The van der Waals surface area contributed by atoms with Crippen LogP contribution in [0.25, 0.3) is 0 Å². The molecule has 0 spiro atoms. The van der Waals surface area contributed by atoms with Crippen molar-refractivity contribution in [3.8, 4) is 0 Å². The standard InChI is InChI=1S/C14H12FN3O4S/c15-11-2-1-10(7-12(11)18(21)22)17-14(20)13(19)16-5-3-9-4-6-23-8-9/h1-2,4,6-8H,3,5H2,(H,16,19)(H,17,20). The zero-order chi connectivity index (χ0) is 16.8. The number of anilines is 1. The normalized spacial score (nSPS) is 10.1. The van der Waals surface area contributed by atoms with Gasteiger partial charge < -0.3 is 10.6 Å². The van der Waals surface area contributed by atoms with Gasteiger partial charge in [-0.25, -0.2) is 0 Å². The van der Waals surface area contributed by atoms with Gasteiger partial charge in [-0.3, -0.25) is 19.7 Å². The van der Waals surface area contributed by atoms with Gasteiger partial charge in [-0.05, 0) is 40.9 Å². The van der Waals surface area contributed by atoms with E-state index in [9.17, 15) is 24.1 Å². The first-order valence-corrected chi connectivity index (χ1v) is 7.46. The van der Waals surface area contributed by atoms with Crippen molar-refractivity contribution in [2.75, 3.05) is 11.9 Å². The summed E-state index contributed by atoms with van der Waals surface area (Å²) in [4.78, 5) is 33.0. The van der Waals surface area contributed by atoms with E-state index in [0.29, 0.717) is 6.42 Å². The number of halogens is 1. The molecule has 0 atom stereocenters.